The van der Waals surface area contributed by atoms with Gasteiger partial charge in [0.05, 0.1) is 24.3 Å². The molecule has 0 amide bonds. The van der Waals surface area contributed by atoms with E-state index >= 15 is 0 Å². The van der Waals surface area contributed by atoms with Crippen LogP contribution >= 0.6 is 0 Å². The van der Waals surface area contributed by atoms with Gasteiger partial charge in [0.15, 0.2) is 0 Å². The number of aliphatic carboxylic acids is 1. The summed E-state index contributed by atoms with van der Waals surface area (Å²) < 4.78 is 9.98. The Morgan fingerprint density at radius 3 is 2.65 bits per heavy atom. The minimum absolute atomic E-state index is 0.0107. The lowest BCUT2D eigenvalue weighted by molar-refractivity contribution is -0.150. The fourth-order valence-corrected chi connectivity index (χ4v) is 5.16. The van der Waals surface area contributed by atoms with E-state index in [4.69, 9.17) is 4.74 Å². The number of benzene rings is 2. The number of rotatable bonds is 9. The number of carbonyl (C=O) groups is 2. The Bertz CT molecular complexity index is 1430. The Hall–Kier alpha value is -3.90. The van der Waals surface area contributed by atoms with Gasteiger partial charge in [-0.15, -0.1) is 0 Å². The molecule has 0 saturated heterocycles. The topological polar surface area (TPSA) is 73.5 Å². The maximum atomic E-state index is 13.2. The number of carboxylic acid groups (broad SMARTS) is 1. The first-order valence-corrected chi connectivity index (χ1v) is 12.8. The van der Waals surface area contributed by atoms with Gasteiger partial charge in [-0.3, -0.25) is 9.59 Å². The van der Waals surface area contributed by atoms with Crippen molar-refractivity contribution >= 4 is 28.7 Å². The van der Waals surface area contributed by atoms with Gasteiger partial charge >= 0.3 is 5.97 Å². The number of ketones is 1. The molecule has 1 fully saturated rings. The van der Waals surface area contributed by atoms with E-state index in [9.17, 15) is 14.7 Å². The van der Waals surface area contributed by atoms with Gasteiger partial charge in [-0.2, -0.15) is 0 Å². The molecule has 4 aromatic rings. The summed E-state index contributed by atoms with van der Waals surface area (Å²) in [5.74, 6) is -1.14. The summed E-state index contributed by atoms with van der Waals surface area (Å²) in [5, 5.41) is 10.5. The highest BCUT2D eigenvalue weighted by Crippen LogP contribution is 2.28. The molecule has 0 bridgehead atoms. The molecule has 6 heteroatoms. The minimum Gasteiger partial charge on any atom is -0.481 e. The van der Waals surface area contributed by atoms with Crippen LogP contribution in [0.3, 0.4) is 0 Å². The normalized spacial score (nSPS) is 18.0. The number of allylic oxidation sites excluding steroid dienone is 1. The molecule has 1 saturated carbocycles. The van der Waals surface area contributed by atoms with Crippen LogP contribution < -0.4 is 0 Å². The number of ether oxygens (including phenoxy) is 1. The first-order chi connectivity index (χ1) is 18.0. The van der Waals surface area contributed by atoms with Gasteiger partial charge in [0, 0.05) is 42.5 Å². The molecule has 2 aromatic heterocycles. The first kappa shape index (κ1) is 24.8. The van der Waals surface area contributed by atoms with Crippen LogP contribution in [0.2, 0.25) is 0 Å². The Kier molecular flexibility index (Phi) is 7.37. The smallest absolute Gasteiger partial charge is 0.309 e. The van der Waals surface area contributed by atoms with Crippen molar-refractivity contribution in [3.63, 3.8) is 0 Å². The van der Waals surface area contributed by atoms with Crippen molar-refractivity contribution in [1.29, 1.82) is 0 Å². The van der Waals surface area contributed by atoms with E-state index in [0.29, 0.717) is 30.8 Å². The van der Waals surface area contributed by atoms with E-state index < -0.39 is 11.9 Å². The number of nitrogens with zero attached hydrogens (tertiary/aromatic N) is 2. The molecular weight excluding hydrogens is 464 g/mol. The number of carbonyl (C=O) groups excluding carboxylic acids is 1. The number of fused-ring (bicyclic) bond motifs is 1. The molecule has 5 rings (SSSR count). The standard InChI is InChI=1S/C31H32N2O4/c1-32-19-16-24-20-25(14-15-27(24)32)30(34)28-8-5-18-33(28)17-4-6-22-10-12-23(13-11-22)21-37-29-9-3-2-7-26(29)31(35)36/h4-6,8,10-16,18-20,26,29H,2-3,7,9,17,21H2,1H3,(H,35,36)/b6-4+. The number of hydrogen-bond donors (Lipinski definition) is 1. The lowest BCUT2D eigenvalue weighted by Gasteiger charge is -2.28. The highest BCUT2D eigenvalue weighted by Gasteiger charge is 2.31. The molecule has 0 radical (unpaired) electrons. The summed E-state index contributed by atoms with van der Waals surface area (Å²) >= 11 is 0. The van der Waals surface area contributed by atoms with Crippen LogP contribution in [0, 0.1) is 5.92 Å². The van der Waals surface area contributed by atoms with E-state index in [1.165, 1.54) is 0 Å². The maximum absolute atomic E-state index is 13.2. The number of hydrogen-bond acceptors (Lipinski definition) is 3. The molecule has 1 aliphatic carbocycles. The van der Waals surface area contributed by atoms with Crippen LogP contribution in [0.25, 0.3) is 17.0 Å². The van der Waals surface area contributed by atoms with Crippen molar-refractivity contribution in [3.8, 4) is 0 Å². The summed E-state index contributed by atoms with van der Waals surface area (Å²) in [7, 11) is 2.00. The molecule has 190 valence electrons. The highest BCUT2D eigenvalue weighted by molar-refractivity contribution is 6.09. The predicted octanol–water partition coefficient (Wildman–Crippen LogP) is 6.08. The monoisotopic (exact) mass is 496 g/mol. The van der Waals surface area contributed by atoms with Crippen LogP contribution in [0.5, 0.6) is 0 Å². The second kappa shape index (κ2) is 11.0. The average Bonchev–Trinajstić information content (AvgIpc) is 3.54. The Balaban J connectivity index is 1.18. The van der Waals surface area contributed by atoms with Gasteiger partial charge in [0.1, 0.15) is 0 Å². The van der Waals surface area contributed by atoms with Crippen LogP contribution in [0.4, 0.5) is 0 Å². The molecule has 0 spiro atoms. The van der Waals surface area contributed by atoms with Crippen molar-refractivity contribution < 1.29 is 19.4 Å². The zero-order chi connectivity index (χ0) is 25.8. The average molecular weight is 497 g/mol. The van der Waals surface area contributed by atoms with E-state index in [1.54, 1.807) is 0 Å². The fraction of sp³-hybridized carbons (Fsp3) is 0.290. The Morgan fingerprint density at radius 1 is 1.03 bits per heavy atom. The molecule has 2 atom stereocenters. The summed E-state index contributed by atoms with van der Waals surface area (Å²) in [6, 6.07) is 19.7. The second-order valence-electron chi connectivity index (χ2n) is 9.80. The zero-order valence-corrected chi connectivity index (χ0v) is 21.0. The molecule has 1 aliphatic rings. The minimum atomic E-state index is -0.755. The fourth-order valence-electron chi connectivity index (χ4n) is 5.16. The molecule has 0 aliphatic heterocycles. The van der Waals surface area contributed by atoms with Crippen LogP contribution in [-0.4, -0.2) is 32.1 Å². The van der Waals surface area contributed by atoms with Crippen molar-refractivity contribution in [1.82, 2.24) is 9.13 Å². The summed E-state index contributed by atoms with van der Waals surface area (Å²) in [4.78, 5) is 24.7. The molecule has 37 heavy (non-hydrogen) atoms. The molecule has 2 heterocycles. The summed E-state index contributed by atoms with van der Waals surface area (Å²) in [6.07, 6.45) is 11.3. The maximum Gasteiger partial charge on any atom is 0.309 e. The van der Waals surface area contributed by atoms with Gasteiger partial charge in [-0.25, -0.2) is 0 Å². The van der Waals surface area contributed by atoms with Gasteiger partial charge in [0.25, 0.3) is 0 Å². The van der Waals surface area contributed by atoms with E-state index in [-0.39, 0.29) is 11.9 Å². The Morgan fingerprint density at radius 2 is 1.84 bits per heavy atom. The third-order valence-electron chi connectivity index (χ3n) is 7.29. The Labute approximate surface area is 216 Å². The van der Waals surface area contributed by atoms with Gasteiger partial charge in [-0.05, 0) is 60.4 Å². The van der Waals surface area contributed by atoms with Gasteiger partial charge in [-0.1, -0.05) is 49.3 Å². The van der Waals surface area contributed by atoms with E-state index in [2.05, 4.69) is 0 Å². The van der Waals surface area contributed by atoms with Crippen LogP contribution in [0.15, 0.2) is 79.1 Å². The largest absolute Gasteiger partial charge is 0.481 e. The van der Waals surface area contributed by atoms with E-state index in [1.807, 2.05) is 101 Å². The van der Waals surface area contributed by atoms with Crippen molar-refractivity contribution in [2.75, 3.05) is 0 Å². The molecular formula is C31H32N2O4. The third kappa shape index (κ3) is 5.59. The van der Waals surface area contributed by atoms with Crippen LogP contribution in [0.1, 0.15) is 52.9 Å². The molecule has 1 N–H and O–H groups in total. The lowest BCUT2D eigenvalue weighted by Crippen LogP contribution is -2.33. The predicted molar refractivity (Wildman–Crippen MR) is 144 cm³/mol. The number of aromatic nitrogens is 2. The summed E-state index contributed by atoms with van der Waals surface area (Å²) in [5.41, 5.74) is 4.53. The van der Waals surface area contributed by atoms with Crippen LogP contribution in [-0.2, 0) is 29.7 Å². The highest BCUT2D eigenvalue weighted by atomic mass is 16.5. The third-order valence-corrected chi connectivity index (χ3v) is 7.29. The van der Waals surface area contributed by atoms with Crippen molar-refractivity contribution in [2.45, 2.75) is 44.9 Å². The molecule has 2 aromatic carbocycles. The molecule has 6 nitrogen and oxygen atoms in total. The lowest BCUT2D eigenvalue weighted by atomic mass is 9.86. The zero-order valence-electron chi connectivity index (χ0n) is 21.0. The van der Waals surface area contributed by atoms with Gasteiger partial charge in [0.2, 0.25) is 5.78 Å². The van der Waals surface area contributed by atoms with Crippen molar-refractivity contribution in [2.24, 2.45) is 13.0 Å². The SMILES string of the molecule is Cn1ccc2cc(C(=O)c3cccn3C/C=C/c3ccc(COC4CCCCC4C(=O)O)cc3)ccc21. The number of aryl methyl sites for hydroxylation is 1. The molecule has 2 unspecified atom stereocenters. The van der Waals surface area contributed by atoms with E-state index in [0.717, 1.165) is 41.3 Å². The van der Waals surface area contributed by atoms with Crippen molar-refractivity contribution in [3.05, 3.63) is 102 Å². The second-order valence-corrected chi connectivity index (χ2v) is 9.80. The van der Waals surface area contributed by atoms with Gasteiger partial charge < -0.3 is 19.0 Å². The summed E-state index contributed by atoms with van der Waals surface area (Å²) in [6.45, 7) is 1.01. The first-order valence-electron chi connectivity index (χ1n) is 12.8. The number of carboxylic acids is 1. The quantitative estimate of drug-likeness (QED) is 0.285.